The van der Waals surface area contributed by atoms with Gasteiger partial charge in [0.1, 0.15) is 0 Å². The SMILES string of the molecule is Cl.Cl.NCCCNC(=O)CCN1CCN(c2ccccc2)CC1. The van der Waals surface area contributed by atoms with E-state index in [1.54, 1.807) is 0 Å². The summed E-state index contributed by atoms with van der Waals surface area (Å²) in [5.41, 5.74) is 6.69. The Morgan fingerprint density at radius 3 is 2.35 bits per heavy atom. The molecule has 0 unspecified atom stereocenters. The highest BCUT2D eigenvalue weighted by Gasteiger charge is 2.17. The molecule has 1 heterocycles. The molecular weight excluding hydrogens is 335 g/mol. The molecule has 0 radical (unpaired) electrons. The third kappa shape index (κ3) is 7.88. The largest absolute Gasteiger partial charge is 0.369 e. The van der Waals surface area contributed by atoms with E-state index in [-0.39, 0.29) is 30.7 Å². The molecular formula is C16H28Cl2N4O. The molecule has 132 valence electrons. The van der Waals surface area contributed by atoms with Gasteiger partial charge in [-0.3, -0.25) is 9.69 Å². The van der Waals surface area contributed by atoms with Crippen LogP contribution in [-0.2, 0) is 4.79 Å². The quantitative estimate of drug-likeness (QED) is 0.721. The van der Waals surface area contributed by atoms with E-state index < -0.39 is 0 Å². The molecule has 2 rings (SSSR count). The number of benzene rings is 1. The molecule has 0 bridgehead atoms. The van der Waals surface area contributed by atoms with Gasteiger partial charge < -0.3 is 16.0 Å². The third-order valence-corrected chi connectivity index (χ3v) is 3.85. The van der Waals surface area contributed by atoms with Crippen molar-refractivity contribution >= 4 is 36.4 Å². The number of nitrogens with zero attached hydrogens (tertiary/aromatic N) is 2. The van der Waals surface area contributed by atoms with E-state index in [0.29, 0.717) is 19.5 Å². The molecule has 1 aliphatic rings. The number of amides is 1. The first-order chi connectivity index (χ1) is 10.3. The lowest BCUT2D eigenvalue weighted by atomic mass is 10.2. The topological polar surface area (TPSA) is 61.6 Å². The summed E-state index contributed by atoms with van der Waals surface area (Å²) in [7, 11) is 0. The lowest BCUT2D eigenvalue weighted by Crippen LogP contribution is -2.47. The fraction of sp³-hybridized carbons (Fsp3) is 0.562. The number of nitrogens with two attached hydrogens (primary N) is 1. The molecule has 0 atom stereocenters. The van der Waals surface area contributed by atoms with Crippen LogP contribution >= 0.6 is 24.8 Å². The zero-order chi connectivity index (χ0) is 14.9. The van der Waals surface area contributed by atoms with Crippen molar-refractivity contribution < 1.29 is 4.79 Å². The van der Waals surface area contributed by atoms with Crippen molar-refractivity contribution in [3.63, 3.8) is 0 Å². The van der Waals surface area contributed by atoms with E-state index >= 15 is 0 Å². The Kier molecular flexibility index (Phi) is 11.9. The number of anilines is 1. The first-order valence-electron chi connectivity index (χ1n) is 7.78. The van der Waals surface area contributed by atoms with Crippen LogP contribution in [0.3, 0.4) is 0 Å². The maximum Gasteiger partial charge on any atom is 0.221 e. The van der Waals surface area contributed by atoms with Crippen molar-refractivity contribution in [2.45, 2.75) is 12.8 Å². The Morgan fingerprint density at radius 2 is 1.74 bits per heavy atom. The molecule has 5 nitrogen and oxygen atoms in total. The van der Waals surface area contributed by atoms with Crippen LogP contribution in [0.2, 0.25) is 0 Å². The zero-order valence-corrected chi connectivity index (χ0v) is 15.1. The monoisotopic (exact) mass is 362 g/mol. The molecule has 23 heavy (non-hydrogen) atoms. The molecule has 1 fully saturated rings. The second kappa shape index (κ2) is 12.4. The number of hydrogen-bond donors (Lipinski definition) is 2. The number of carbonyl (C=O) groups excluding carboxylic acids is 1. The van der Waals surface area contributed by atoms with Gasteiger partial charge in [0, 0.05) is 51.4 Å². The van der Waals surface area contributed by atoms with Crippen LogP contribution < -0.4 is 16.0 Å². The molecule has 1 saturated heterocycles. The number of para-hydroxylation sites is 1. The molecule has 7 heteroatoms. The average molecular weight is 363 g/mol. The van der Waals surface area contributed by atoms with Crippen LogP contribution in [0.5, 0.6) is 0 Å². The summed E-state index contributed by atoms with van der Waals surface area (Å²) in [6, 6.07) is 10.5. The maximum absolute atomic E-state index is 11.7. The second-order valence-electron chi connectivity index (χ2n) is 5.41. The lowest BCUT2D eigenvalue weighted by Gasteiger charge is -2.36. The summed E-state index contributed by atoms with van der Waals surface area (Å²) < 4.78 is 0. The minimum Gasteiger partial charge on any atom is -0.369 e. The molecule has 0 saturated carbocycles. The lowest BCUT2D eigenvalue weighted by molar-refractivity contribution is -0.121. The first-order valence-corrected chi connectivity index (χ1v) is 7.78. The van der Waals surface area contributed by atoms with Gasteiger partial charge in [-0.2, -0.15) is 0 Å². The minimum absolute atomic E-state index is 0. The van der Waals surface area contributed by atoms with E-state index in [0.717, 1.165) is 39.1 Å². The van der Waals surface area contributed by atoms with Gasteiger partial charge in [0.15, 0.2) is 0 Å². The van der Waals surface area contributed by atoms with Gasteiger partial charge >= 0.3 is 0 Å². The molecule has 1 amide bonds. The number of nitrogens with one attached hydrogen (secondary N) is 1. The summed E-state index contributed by atoms with van der Waals surface area (Å²) in [6.07, 6.45) is 1.43. The van der Waals surface area contributed by atoms with Gasteiger partial charge in [0.2, 0.25) is 5.91 Å². The van der Waals surface area contributed by atoms with E-state index in [4.69, 9.17) is 5.73 Å². The van der Waals surface area contributed by atoms with Gasteiger partial charge in [-0.15, -0.1) is 24.8 Å². The number of rotatable bonds is 7. The minimum atomic E-state index is 0. The van der Waals surface area contributed by atoms with Crippen LogP contribution in [0.25, 0.3) is 0 Å². The number of carbonyl (C=O) groups is 1. The van der Waals surface area contributed by atoms with E-state index in [9.17, 15) is 4.79 Å². The summed E-state index contributed by atoms with van der Waals surface area (Å²) in [6.45, 7) is 6.25. The van der Waals surface area contributed by atoms with Gasteiger partial charge in [0.05, 0.1) is 0 Å². The number of hydrogen-bond acceptors (Lipinski definition) is 4. The van der Waals surface area contributed by atoms with Crippen molar-refractivity contribution in [3.8, 4) is 0 Å². The van der Waals surface area contributed by atoms with Crippen LogP contribution in [0.4, 0.5) is 5.69 Å². The normalized spacial score (nSPS) is 14.6. The summed E-state index contributed by atoms with van der Waals surface area (Å²) in [4.78, 5) is 16.4. The molecule has 0 aromatic heterocycles. The average Bonchev–Trinajstić information content (AvgIpc) is 2.54. The highest BCUT2D eigenvalue weighted by Crippen LogP contribution is 2.15. The van der Waals surface area contributed by atoms with Crippen molar-refractivity contribution in [1.82, 2.24) is 10.2 Å². The molecule has 0 aliphatic carbocycles. The standard InChI is InChI=1S/C16H26N4O.2ClH/c17-8-4-9-18-16(21)7-10-19-11-13-20(14-12-19)15-5-2-1-3-6-15;;/h1-3,5-6H,4,7-14,17H2,(H,18,21);2*1H. The molecule has 3 N–H and O–H groups in total. The fourth-order valence-corrected chi connectivity index (χ4v) is 2.55. The Balaban J connectivity index is 0.00000242. The molecule has 1 aromatic rings. The number of piperazine rings is 1. The van der Waals surface area contributed by atoms with Crippen LogP contribution in [0.15, 0.2) is 30.3 Å². The highest BCUT2D eigenvalue weighted by atomic mass is 35.5. The Bertz CT molecular complexity index is 425. The van der Waals surface area contributed by atoms with Gasteiger partial charge in [-0.1, -0.05) is 18.2 Å². The smallest absolute Gasteiger partial charge is 0.221 e. The van der Waals surface area contributed by atoms with Crippen molar-refractivity contribution in [2.75, 3.05) is 50.7 Å². The van der Waals surface area contributed by atoms with E-state index in [2.05, 4.69) is 39.4 Å². The van der Waals surface area contributed by atoms with E-state index in [1.165, 1.54) is 5.69 Å². The van der Waals surface area contributed by atoms with Gasteiger partial charge in [-0.25, -0.2) is 0 Å². The molecule has 1 aromatic carbocycles. The third-order valence-electron chi connectivity index (χ3n) is 3.85. The maximum atomic E-state index is 11.7. The summed E-state index contributed by atoms with van der Waals surface area (Å²) in [5, 5.41) is 2.90. The van der Waals surface area contributed by atoms with E-state index in [1.807, 2.05) is 6.07 Å². The van der Waals surface area contributed by atoms with Crippen molar-refractivity contribution in [1.29, 1.82) is 0 Å². The van der Waals surface area contributed by atoms with Crippen LogP contribution in [0.1, 0.15) is 12.8 Å². The number of halogens is 2. The van der Waals surface area contributed by atoms with Gasteiger partial charge in [0.25, 0.3) is 0 Å². The molecule has 1 aliphatic heterocycles. The zero-order valence-electron chi connectivity index (χ0n) is 13.4. The summed E-state index contributed by atoms with van der Waals surface area (Å²) in [5.74, 6) is 0.133. The Labute approximate surface area is 151 Å². The van der Waals surface area contributed by atoms with Gasteiger partial charge in [-0.05, 0) is 25.1 Å². The Hall–Kier alpha value is -1.01. The Morgan fingerprint density at radius 1 is 1.09 bits per heavy atom. The summed E-state index contributed by atoms with van der Waals surface area (Å²) >= 11 is 0. The fourth-order valence-electron chi connectivity index (χ4n) is 2.55. The van der Waals surface area contributed by atoms with Crippen molar-refractivity contribution in [2.24, 2.45) is 5.73 Å². The van der Waals surface area contributed by atoms with Crippen LogP contribution in [-0.4, -0.2) is 56.6 Å². The van der Waals surface area contributed by atoms with Crippen molar-refractivity contribution in [3.05, 3.63) is 30.3 Å². The predicted octanol–water partition coefficient (Wildman–Crippen LogP) is 1.51. The highest BCUT2D eigenvalue weighted by molar-refractivity contribution is 5.85. The predicted molar refractivity (Wildman–Crippen MR) is 101 cm³/mol. The molecule has 0 spiro atoms. The first kappa shape index (κ1) is 22.0. The van der Waals surface area contributed by atoms with Crippen LogP contribution in [0, 0.1) is 0 Å². The second-order valence-corrected chi connectivity index (χ2v) is 5.41.